The third kappa shape index (κ3) is 4.01. The predicted octanol–water partition coefficient (Wildman–Crippen LogP) is 2.79. The fourth-order valence-corrected chi connectivity index (χ4v) is 2.62. The van der Waals surface area contributed by atoms with E-state index < -0.39 is 32.9 Å². The van der Waals surface area contributed by atoms with Crippen LogP contribution in [0.2, 0.25) is 0 Å². The lowest BCUT2D eigenvalue weighted by atomic mass is 10.00. The smallest absolute Gasteiger partial charge is 0.228 e. The summed E-state index contributed by atoms with van der Waals surface area (Å²) in [4.78, 5) is 0. The van der Waals surface area contributed by atoms with Crippen LogP contribution in [0.25, 0.3) is 0 Å². The number of hydrogen-bond donors (Lipinski definition) is 0. The van der Waals surface area contributed by atoms with Gasteiger partial charge in [0, 0.05) is 0 Å². The van der Waals surface area contributed by atoms with Gasteiger partial charge in [-0.1, -0.05) is 13.8 Å². The van der Waals surface area contributed by atoms with Gasteiger partial charge in [0.15, 0.2) is 9.84 Å². The van der Waals surface area contributed by atoms with E-state index in [1.165, 1.54) is 13.8 Å². The minimum atomic E-state index is -4.42. The van der Waals surface area contributed by atoms with E-state index in [1.807, 2.05) is 0 Å². The molecule has 0 amide bonds. The zero-order valence-corrected chi connectivity index (χ0v) is 10.2. The van der Waals surface area contributed by atoms with Crippen LogP contribution in [-0.2, 0) is 9.84 Å². The molecular weight excluding hydrogens is 229 g/mol. The van der Waals surface area contributed by atoms with Crippen LogP contribution < -0.4 is 0 Å². The second-order valence-corrected chi connectivity index (χ2v) is 7.13. The van der Waals surface area contributed by atoms with Gasteiger partial charge < -0.3 is 0 Å². The average Bonchev–Trinajstić information content (AvgIpc) is 1.99. The lowest BCUT2D eigenvalue weighted by molar-refractivity contribution is -0.130. The molecule has 0 atom stereocenters. The van der Waals surface area contributed by atoms with E-state index in [0.29, 0.717) is 0 Å². The normalized spacial score (nSPS) is 14.7. The van der Waals surface area contributed by atoms with Crippen molar-refractivity contribution in [2.45, 2.75) is 45.0 Å². The molecule has 0 aromatic heterocycles. The van der Waals surface area contributed by atoms with E-state index in [-0.39, 0.29) is 5.92 Å². The average molecular weight is 246 g/mol. The molecule has 0 rings (SSSR count). The molecule has 0 unspecified atom stereocenters. The molecule has 0 N–H and O–H groups in total. The molecule has 0 spiro atoms. The molecule has 15 heavy (non-hydrogen) atoms. The van der Waals surface area contributed by atoms with Crippen molar-refractivity contribution in [1.82, 2.24) is 0 Å². The second-order valence-electron chi connectivity index (χ2n) is 4.44. The van der Waals surface area contributed by atoms with Gasteiger partial charge in [0.1, 0.15) is 0 Å². The first kappa shape index (κ1) is 14.7. The molecule has 0 aromatic rings. The highest BCUT2D eigenvalue weighted by Crippen LogP contribution is 2.29. The zero-order chi connectivity index (χ0) is 12.5. The summed E-state index contributed by atoms with van der Waals surface area (Å²) in [6.07, 6.45) is -5.69. The minimum Gasteiger partial charge on any atom is -0.228 e. The van der Waals surface area contributed by atoms with Crippen molar-refractivity contribution in [2.24, 2.45) is 5.92 Å². The molecule has 0 saturated carbocycles. The molecule has 0 aliphatic rings. The van der Waals surface area contributed by atoms with Gasteiger partial charge >= 0.3 is 6.18 Å². The zero-order valence-electron chi connectivity index (χ0n) is 9.35. The Kier molecular flexibility index (Phi) is 4.24. The Morgan fingerprint density at radius 2 is 1.53 bits per heavy atom. The lowest BCUT2D eigenvalue weighted by Gasteiger charge is -2.29. The molecule has 0 saturated heterocycles. The molecule has 0 fully saturated rings. The Morgan fingerprint density at radius 1 is 1.13 bits per heavy atom. The van der Waals surface area contributed by atoms with Crippen LogP contribution in [0.5, 0.6) is 0 Å². The monoisotopic (exact) mass is 246 g/mol. The van der Waals surface area contributed by atoms with Gasteiger partial charge in [-0.05, 0) is 19.8 Å². The van der Waals surface area contributed by atoms with Crippen molar-refractivity contribution < 1.29 is 21.6 Å². The third-order valence-corrected chi connectivity index (χ3v) is 5.66. The predicted molar refractivity (Wildman–Crippen MR) is 53.4 cm³/mol. The van der Waals surface area contributed by atoms with E-state index >= 15 is 0 Å². The first-order valence-electron chi connectivity index (χ1n) is 4.69. The Labute approximate surface area is 88.8 Å². The highest BCUT2D eigenvalue weighted by atomic mass is 32.2. The highest BCUT2D eigenvalue weighted by molar-refractivity contribution is 7.92. The quantitative estimate of drug-likeness (QED) is 0.764. The maximum atomic E-state index is 11.9. The van der Waals surface area contributed by atoms with Crippen molar-refractivity contribution in [3.63, 3.8) is 0 Å². The Hall–Kier alpha value is -0.260. The minimum absolute atomic E-state index is 0.212. The largest absolute Gasteiger partial charge is 0.390 e. The van der Waals surface area contributed by atoms with Crippen LogP contribution in [0.1, 0.15) is 34.1 Å². The maximum absolute atomic E-state index is 11.9. The third-order valence-electron chi connectivity index (χ3n) is 2.85. The molecule has 0 aliphatic heterocycles. The first-order chi connectivity index (χ1) is 6.40. The molecule has 0 bridgehead atoms. The molecule has 6 heteroatoms. The van der Waals surface area contributed by atoms with Gasteiger partial charge in [-0.3, -0.25) is 0 Å². The van der Waals surface area contributed by atoms with Gasteiger partial charge in [-0.2, -0.15) is 13.2 Å². The summed E-state index contributed by atoms with van der Waals surface area (Å²) >= 11 is 0. The van der Waals surface area contributed by atoms with Gasteiger partial charge in [-0.25, -0.2) is 8.42 Å². The van der Waals surface area contributed by atoms with E-state index in [2.05, 4.69) is 0 Å². The van der Waals surface area contributed by atoms with Gasteiger partial charge in [0.25, 0.3) is 0 Å². The van der Waals surface area contributed by atoms with Crippen molar-refractivity contribution in [1.29, 1.82) is 0 Å². The fraction of sp³-hybridized carbons (Fsp3) is 1.00. The van der Waals surface area contributed by atoms with Crippen LogP contribution in [0.4, 0.5) is 13.2 Å². The van der Waals surface area contributed by atoms with E-state index in [9.17, 15) is 21.6 Å². The van der Waals surface area contributed by atoms with Crippen molar-refractivity contribution >= 4 is 9.84 Å². The maximum Gasteiger partial charge on any atom is 0.390 e. The number of hydrogen-bond acceptors (Lipinski definition) is 2. The summed E-state index contributed by atoms with van der Waals surface area (Å²) in [6, 6.07) is 0. The van der Waals surface area contributed by atoms with E-state index in [1.54, 1.807) is 13.8 Å². The van der Waals surface area contributed by atoms with Gasteiger partial charge in [-0.15, -0.1) is 0 Å². The molecule has 2 nitrogen and oxygen atoms in total. The van der Waals surface area contributed by atoms with Crippen molar-refractivity contribution in [3.05, 3.63) is 0 Å². The summed E-state index contributed by atoms with van der Waals surface area (Å²) in [6.45, 7) is 6.29. The summed E-state index contributed by atoms with van der Waals surface area (Å²) < 4.78 is 57.9. The Bertz CT molecular complexity index is 302. The molecular formula is C9H17F3O2S. The summed E-state index contributed by atoms with van der Waals surface area (Å²) in [5, 5.41) is 0. The number of rotatable bonds is 4. The Morgan fingerprint density at radius 3 is 1.80 bits per heavy atom. The molecule has 0 aliphatic carbocycles. The highest BCUT2D eigenvalue weighted by Gasteiger charge is 2.40. The number of halogens is 3. The van der Waals surface area contributed by atoms with E-state index in [4.69, 9.17) is 0 Å². The van der Waals surface area contributed by atoms with Crippen LogP contribution in [-0.4, -0.2) is 25.1 Å². The number of alkyl halides is 3. The summed E-state index contributed by atoms with van der Waals surface area (Å²) in [5.74, 6) is -1.04. The van der Waals surface area contributed by atoms with Crippen LogP contribution >= 0.6 is 0 Å². The molecule has 0 heterocycles. The summed E-state index contributed by atoms with van der Waals surface area (Å²) in [7, 11) is -3.71. The topological polar surface area (TPSA) is 34.1 Å². The van der Waals surface area contributed by atoms with Crippen molar-refractivity contribution in [2.75, 3.05) is 5.75 Å². The standard InChI is InChI=1S/C9H17F3O2S/c1-7(2)8(3,4)15(13,14)6-5-9(10,11)12/h7H,5-6H2,1-4H3. The summed E-state index contributed by atoms with van der Waals surface area (Å²) in [5.41, 5.74) is 0. The van der Waals surface area contributed by atoms with Crippen LogP contribution in [0.15, 0.2) is 0 Å². The second kappa shape index (κ2) is 4.31. The fourth-order valence-electron chi connectivity index (χ4n) is 0.872. The molecule has 0 radical (unpaired) electrons. The van der Waals surface area contributed by atoms with Gasteiger partial charge in [0.05, 0.1) is 16.9 Å². The van der Waals surface area contributed by atoms with Gasteiger partial charge in [0.2, 0.25) is 0 Å². The Balaban J connectivity index is 4.72. The first-order valence-corrected chi connectivity index (χ1v) is 6.34. The van der Waals surface area contributed by atoms with E-state index in [0.717, 1.165) is 0 Å². The molecule has 0 aromatic carbocycles. The molecule has 92 valence electrons. The number of sulfone groups is 1. The van der Waals surface area contributed by atoms with Crippen LogP contribution in [0, 0.1) is 5.92 Å². The lowest BCUT2D eigenvalue weighted by Crippen LogP contribution is -2.39. The van der Waals surface area contributed by atoms with Crippen LogP contribution in [0.3, 0.4) is 0 Å². The van der Waals surface area contributed by atoms with Crippen molar-refractivity contribution in [3.8, 4) is 0 Å². The SMILES string of the molecule is CC(C)C(C)(C)S(=O)(=O)CCC(F)(F)F.